The van der Waals surface area contributed by atoms with Gasteiger partial charge in [-0.15, -0.1) is 11.3 Å². The van der Waals surface area contributed by atoms with Crippen LogP contribution in [0.5, 0.6) is 0 Å². The van der Waals surface area contributed by atoms with Crippen molar-refractivity contribution in [3.63, 3.8) is 0 Å². The number of carbonyl (C=O) groups excluding carboxylic acids is 2. The lowest BCUT2D eigenvalue weighted by Crippen LogP contribution is -2.24. The maximum atomic E-state index is 11.7. The van der Waals surface area contributed by atoms with E-state index in [-0.39, 0.29) is 24.5 Å². The van der Waals surface area contributed by atoms with Gasteiger partial charge in [-0.1, -0.05) is 31.4 Å². The molecule has 3 nitrogen and oxygen atoms in total. The highest BCUT2D eigenvalue weighted by atomic mass is 35.5. The summed E-state index contributed by atoms with van der Waals surface area (Å²) < 4.78 is 0.599. The molecule has 0 spiro atoms. The number of rotatable bonds is 8. The van der Waals surface area contributed by atoms with Gasteiger partial charge in [0.2, 0.25) is 5.91 Å². The van der Waals surface area contributed by atoms with Crippen molar-refractivity contribution >= 4 is 34.6 Å². The van der Waals surface area contributed by atoms with E-state index in [2.05, 4.69) is 12.2 Å². The number of amides is 1. The van der Waals surface area contributed by atoms with E-state index in [1.807, 2.05) is 0 Å². The van der Waals surface area contributed by atoms with Crippen molar-refractivity contribution < 1.29 is 9.59 Å². The fourth-order valence-corrected chi connectivity index (χ4v) is 2.52. The summed E-state index contributed by atoms with van der Waals surface area (Å²) in [7, 11) is 0. The Morgan fingerprint density at radius 2 is 2.06 bits per heavy atom. The summed E-state index contributed by atoms with van der Waals surface area (Å²) in [6, 6.07) is 3.40. The maximum Gasteiger partial charge on any atom is 0.220 e. The first-order valence-corrected chi connectivity index (χ1v) is 7.38. The van der Waals surface area contributed by atoms with E-state index in [0.717, 1.165) is 19.3 Å². The third-order valence-corrected chi connectivity index (χ3v) is 3.80. The van der Waals surface area contributed by atoms with Crippen molar-refractivity contribution in [1.82, 2.24) is 5.32 Å². The van der Waals surface area contributed by atoms with Gasteiger partial charge in [-0.2, -0.15) is 0 Å². The molecule has 1 amide bonds. The molecule has 100 valence electrons. The Balaban J connectivity index is 2.20. The van der Waals surface area contributed by atoms with E-state index in [4.69, 9.17) is 11.6 Å². The van der Waals surface area contributed by atoms with Crippen molar-refractivity contribution in [1.29, 1.82) is 0 Å². The largest absolute Gasteiger partial charge is 0.356 e. The summed E-state index contributed by atoms with van der Waals surface area (Å²) in [6.45, 7) is 2.82. The molecule has 0 aliphatic heterocycles. The lowest BCUT2D eigenvalue weighted by atomic mass is 10.2. The minimum absolute atomic E-state index is 0.0180. The van der Waals surface area contributed by atoms with Crippen LogP contribution in [-0.2, 0) is 4.79 Å². The minimum Gasteiger partial charge on any atom is -0.356 e. The average molecular weight is 288 g/mol. The molecule has 18 heavy (non-hydrogen) atoms. The van der Waals surface area contributed by atoms with Gasteiger partial charge in [0.15, 0.2) is 5.78 Å². The zero-order chi connectivity index (χ0) is 13.4. The Labute approximate surface area is 117 Å². The number of carbonyl (C=O) groups is 2. The SMILES string of the molecule is CCCCCNC(=O)CCC(=O)c1ccc(Cl)s1. The average Bonchev–Trinajstić information content (AvgIpc) is 2.78. The molecule has 1 aromatic rings. The molecule has 0 aliphatic carbocycles. The van der Waals surface area contributed by atoms with E-state index < -0.39 is 0 Å². The van der Waals surface area contributed by atoms with Crippen molar-refractivity contribution in [2.24, 2.45) is 0 Å². The van der Waals surface area contributed by atoms with E-state index >= 15 is 0 Å². The Morgan fingerprint density at radius 1 is 1.28 bits per heavy atom. The molecule has 0 fully saturated rings. The molecule has 0 aromatic carbocycles. The zero-order valence-corrected chi connectivity index (χ0v) is 12.1. The molecule has 1 N–H and O–H groups in total. The van der Waals surface area contributed by atoms with Crippen LogP contribution in [0.1, 0.15) is 48.7 Å². The molecule has 1 aromatic heterocycles. The first-order chi connectivity index (χ1) is 8.63. The number of hydrogen-bond acceptors (Lipinski definition) is 3. The van der Waals surface area contributed by atoms with Gasteiger partial charge in [-0.3, -0.25) is 9.59 Å². The van der Waals surface area contributed by atoms with Gasteiger partial charge in [0.1, 0.15) is 0 Å². The fourth-order valence-electron chi connectivity index (χ4n) is 1.51. The van der Waals surface area contributed by atoms with Gasteiger partial charge in [0.05, 0.1) is 9.21 Å². The summed E-state index contributed by atoms with van der Waals surface area (Å²) in [5.41, 5.74) is 0. The molecular weight excluding hydrogens is 270 g/mol. The third-order valence-electron chi connectivity index (χ3n) is 2.53. The zero-order valence-electron chi connectivity index (χ0n) is 10.5. The number of thiophene rings is 1. The summed E-state index contributed by atoms with van der Waals surface area (Å²) in [5.74, 6) is -0.0716. The number of halogens is 1. The van der Waals surface area contributed by atoms with Crippen molar-refractivity contribution in [2.75, 3.05) is 6.54 Å². The van der Waals surface area contributed by atoms with Crippen LogP contribution in [0.15, 0.2) is 12.1 Å². The number of unbranched alkanes of at least 4 members (excludes halogenated alkanes) is 2. The quantitative estimate of drug-likeness (QED) is 0.586. The van der Waals surface area contributed by atoms with Crippen molar-refractivity contribution in [3.05, 3.63) is 21.3 Å². The van der Waals surface area contributed by atoms with Gasteiger partial charge in [-0.05, 0) is 18.6 Å². The highest BCUT2D eigenvalue weighted by Crippen LogP contribution is 2.22. The number of ketones is 1. The molecule has 1 heterocycles. The van der Waals surface area contributed by atoms with Gasteiger partial charge < -0.3 is 5.32 Å². The highest BCUT2D eigenvalue weighted by Gasteiger charge is 2.11. The lowest BCUT2D eigenvalue weighted by molar-refractivity contribution is -0.121. The van der Waals surface area contributed by atoms with Crippen LogP contribution in [-0.4, -0.2) is 18.2 Å². The Morgan fingerprint density at radius 3 is 2.67 bits per heavy atom. The molecular formula is C13H18ClNO2S. The first-order valence-electron chi connectivity index (χ1n) is 6.18. The summed E-state index contributed by atoms with van der Waals surface area (Å²) in [5, 5.41) is 2.82. The molecule has 0 radical (unpaired) electrons. The summed E-state index contributed by atoms with van der Waals surface area (Å²) >= 11 is 7.01. The van der Waals surface area contributed by atoms with Crippen molar-refractivity contribution in [2.45, 2.75) is 39.0 Å². The van der Waals surface area contributed by atoms with Crippen LogP contribution in [0.3, 0.4) is 0 Å². The van der Waals surface area contributed by atoms with Crippen LogP contribution in [0, 0.1) is 0 Å². The van der Waals surface area contributed by atoms with Gasteiger partial charge >= 0.3 is 0 Å². The second-order valence-electron chi connectivity index (χ2n) is 4.08. The predicted molar refractivity (Wildman–Crippen MR) is 75.4 cm³/mol. The van der Waals surface area contributed by atoms with Gasteiger partial charge in [-0.25, -0.2) is 0 Å². The van der Waals surface area contributed by atoms with E-state index in [9.17, 15) is 9.59 Å². The summed E-state index contributed by atoms with van der Waals surface area (Å²) in [4.78, 5) is 23.8. The van der Waals surface area contributed by atoms with Crippen LogP contribution in [0.2, 0.25) is 4.34 Å². The topological polar surface area (TPSA) is 46.2 Å². The second-order valence-corrected chi connectivity index (χ2v) is 5.80. The molecule has 0 bridgehead atoms. The number of nitrogens with one attached hydrogen (secondary N) is 1. The van der Waals surface area contributed by atoms with E-state index in [0.29, 0.717) is 15.8 Å². The lowest BCUT2D eigenvalue weighted by Gasteiger charge is -2.03. The molecule has 0 saturated heterocycles. The van der Waals surface area contributed by atoms with E-state index in [1.165, 1.54) is 11.3 Å². The predicted octanol–water partition coefficient (Wildman–Crippen LogP) is 3.67. The van der Waals surface area contributed by atoms with Gasteiger partial charge in [0.25, 0.3) is 0 Å². The van der Waals surface area contributed by atoms with Crippen LogP contribution in [0.4, 0.5) is 0 Å². The number of hydrogen-bond donors (Lipinski definition) is 1. The van der Waals surface area contributed by atoms with Crippen LogP contribution in [0.25, 0.3) is 0 Å². The fraction of sp³-hybridized carbons (Fsp3) is 0.538. The Kier molecular flexibility index (Phi) is 6.98. The molecule has 0 atom stereocenters. The monoisotopic (exact) mass is 287 g/mol. The normalized spacial score (nSPS) is 10.3. The highest BCUT2D eigenvalue weighted by molar-refractivity contribution is 7.18. The maximum absolute atomic E-state index is 11.7. The van der Waals surface area contributed by atoms with Crippen LogP contribution < -0.4 is 5.32 Å². The third kappa shape index (κ3) is 5.65. The molecule has 5 heteroatoms. The smallest absolute Gasteiger partial charge is 0.220 e. The minimum atomic E-state index is -0.0536. The Bertz CT molecular complexity index is 403. The van der Waals surface area contributed by atoms with E-state index in [1.54, 1.807) is 12.1 Å². The standard InChI is InChI=1S/C13H18ClNO2S/c1-2-3-4-9-15-13(17)8-5-10(16)11-6-7-12(14)18-11/h6-7H,2-5,8-9H2,1H3,(H,15,17). The Hall–Kier alpha value is -0.870. The number of Topliss-reactive ketones (excluding diaryl/α,β-unsaturated/α-hetero) is 1. The molecule has 1 rings (SSSR count). The molecule has 0 aliphatic rings. The van der Waals surface area contributed by atoms with Crippen molar-refractivity contribution in [3.8, 4) is 0 Å². The molecule has 0 unspecified atom stereocenters. The van der Waals surface area contributed by atoms with Gasteiger partial charge in [0, 0.05) is 19.4 Å². The summed E-state index contributed by atoms with van der Waals surface area (Å²) in [6.07, 6.45) is 3.74. The second kappa shape index (κ2) is 8.27. The van der Waals surface area contributed by atoms with Crippen LogP contribution >= 0.6 is 22.9 Å². The first kappa shape index (κ1) is 15.2. The molecule has 0 saturated carbocycles.